The van der Waals surface area contributed by atoms with E-state index in [0.717, 1.165) is 44.8 Å². The second kappa shape index (κ2) is 8.61. The Morgan fingerprint density at radius 2 is 1.64 bits per heavy atom. The fraction of sp³-hybridized carbons (Fsp3) is 0.192. The number of hydrogen-bond donors (Lipinski definition) is 4. The normalized spacial score (nSPS) is 12.8. The van der Waals surface area contributed by atoms with E-state index in [2.05, 4.69) is 10.2 Å². The third kappa shape index (κ3) is 3.92. The molecule has 0 unspecified atom stereocenters. The van der Waals surface area contributed by atoms with Gasteiger partial charge in [-0.1, -0.05) is 36.4 Å². The number of aliphatic hydroxyl groups excluding tert-OH is 2. The Kier molecular flexibility index (Phi) is 5.50. The van der Waals surface area contributed by atoms with Crippen LogP contribution in [-0.4, -0.2) is 51.9 Å². The van der Waals surface area contributed by atoms with Gasteiger partial charge in [0.1, 0.15) is 18.5 Å². The number of benzene rings is 3. The Morgan fingerprint density at radius 1 is 0.970 bits per heavy atom. The van der Waals surface area contributed by atoms with Gasteiger partial charge in [0.15, 0.2) is 11.5 Å². The van der Waals surface area contributed by atoms with Crippen molar-refractivity contribution in [3.63, 3.8) is 0 Å². The number of aromatic nitrogens is 2. The molecule has 0 bridgehead atoms. The predicted octanol–water partition coefficient (Wildman–Crippen LogP) is 3.76. The predicted molar refractivity (Wildman–Crippen MR) is 125 cm³/mol. The molecule has 3 aromatic carbocycles. The van der Waals surface area contributed by atoms with Gasteiger partial charge in [-0.3, -0.25) is 5.10 Å². The third-order valence-corrected chi connectivity index (χ3v) is 5.89. The quantitative estimate of drug-likeness (QED) is 0.304. The highest BCUT2D eigenvalue weighted by Gasteiger charge is 2.27. The van der Waals surface area contributed by atoms with Gasteiger partial charge in [-0.2, -0.15) is 5.10 Å². The number of hydrogen-bond acceptors (Lipinski definition) is 6. The molecule has 1 aromatic heterocycles. The summed E-state index contributed by atoms with van der Waals surface area (Å²) in [6.45, 7) is -0.379. The topological polar surface area (TPSA) is 108 Å². The lowest BCUT2D eigenvalue weighted by atomic mass is 10.0. The maximum Gasteiger partial charge on any atom is 0.161 e. The van der Waals surface area contributed by atoms with Gasteiger partial charge in [0.25, 0.3) is 0 Å². The number of nitrogens with one attached hydrogen (secondary N) is 1. The summed E-state index contributed by atoms with van der Waals surface area (Å²) in [4.78, 5) is 0. The maximum atomic E-state index is 9.61. The number of aromatic hydroxyl groups is 1. The molecule has 0 aliphatic heterocycles. The van der Waals surface area contributed by atoms with Crippen molar-refractivity contribution in [3.05, 3.63) is 71.8 Å². The minimum absolute atomic E-state index is 0.0167. The number of ether oxygens (including phenoxy) is 2. The summed E-state index contributed by atoms with van der Waals surface area (Å²) in [5.41, 5.74) is 8.16. The first kappa shape index (κ1) is 21.1. The van der Waals surface area contributed by atoms with E-state index < -0.39 is 6.10 Å². The van der Waals surface area contributed by atoms with Crippen LogP contribution in [0.15, 0.2) is 60.7 Å². The average molecular weight is 444 g/mol. The molecule has 33 heavy (non-hydrogen) atoms. The molecule has 4 aromatic rings. The van der Waals surface area contributed by atoms with E-state index in [1.165, 1.54) is 0 Å². The largest absolute Gasteiger partial charge is 0.508 e. The van der Waals surface area contributed by atoms with Crippen LogP contribution < -0.4 is 9.47 Å². The zero-order valence-electron chi connectivity index (χ0n) is 18.1. The van der Waals surface area contributed by atoms with Gasteiger partial charge in [-0.15, -0.1) is 0 Å². The number of aliphatic hydroxyl groups is 2. The van der Waals surface area contributed by atoms with Crippen LogP contribution in [0.25, 0.3) is 33.6 Å². The Hall–Kier alpha value is -3.81. The summed E-state index contributed by atoms with van der Waals surface area (Å²) in [5.74, 6) is 1.33. The average Bonchev–Trinajstić information content (AvgIpc) is 3.41. The molecule has 0 fully saturated rings. The Bertz CT molecular complexity index is 1280. The first-order valence-corrected chi connectivity index (χ1v) is 10.7. The lowest BCUT2D eigenvalue weighted by Crippen LogP contribution is -2.21. The van der Waals surface area contributed by atoms with Crippen LogP contribution in [0.4, 0.5) is 0 Å². The number of aromatic amines is 1. The van der Waals surface area contributed by atoms with E-state index in [4.69, 9.17) is 14.6 Å². The Morgan fingerprint density at radius 3 is 2.30 bits per heavy atom. The van der Waals surface area contributed by atoms with Gasteiger partial charge >= 0.3 is 0 Å². The molecule has 1 atom stereocenters. The molecule has 0 amide bonds. The van der Waals surface area contributed by atoms with E-state index in [0.29, 0.717) is 17.9 Å². The molecule has 0 radical (unpaired) electrons. The molecule has 4 N–H and O–H groups in total. The number of phenols is 1. The fourth-order valence-electron chi connectivity index (χ4n) is 4.16. The molecular weight excluding hydrogens is 420 g/mol. The Labute approximate surface area is 190 Å². The highest BCUT2D eigenvalue weighted by Crippen LogP contribution is 2.44. The van der Waals surface area contributed by atoms with Gasteiger partial charge in [0.2, 0.25) is 0 Å². The van der Waals surface area contributed by atoms with E-state index in [9.17, 15) is 10.2 Å². The number of nitrogens with zero attached hydrogens (tertiary/aromatic N) is 1. The molecule has 0 saturated heterocycles. The highest BCUT2D eigenvalue weighted by atomic mass is 16.5. The molecule has 1 heterocycles. The van der Waals surface area contributed by atoms with E-state index in [1.807, 2.05) is 48.5 Å². The molecule has 7 heteroatoms. The zero-order valence-corrected chi connectivity index (χ0v) is 18.1. The Balaban J connectivity index is 1.43. The van der Waals surface area contributed by atoms with Crippen LogP contribution in [0.1, 0.15) is 11.1 Å². The summed E-state index contributed by atoms with van der Waals surface area (Å²) < 4.78 is 11.2. The lowest BCUT2D eigenvalue weighted by molar-refractivity contribution is 0.0527. The number of fused-ring (bicyclic) bond motifs is 3. The fourth-order valence-corrected chi connectivity index (χ4v) is 4.16. The molecule has 1 aliphatic rings. The van der Waals surface area contributed by atoms with Crippen molar-refractivity contribution < 1.29 is 24.8 Å². The lowest BCUT2D eigenvalue weighted by Gasteiger charge is -2.14. The van der Waals surface area contributed by atoms with Crippen molar-refractivity contribution in [2.45, 2.75) is 12.5 Å². The van der Waals surface area contributed by atoms with Crippen LogP contribution in [0.3, 0.4) is 0 Å². The molecule has 5 rings (SSSR count). The summed E-state index contributed by atoms with van der Waals surface area (Å²) >= 11 is 0. The molecular formula is C26H24N2O5. The van der Waals surface area contributed by atoms with Crippen molar-refractivity contribution in [1.82, 2.24) is 10.2 Å². The van der Waals surface area contributed by atoms with E-state index in [1.54, 1.807) is 19.2 Å². The summed E-state index contributed by atoms with van der Waals surface area (Å²) in [7, 11) is 1.57. The minimum Gasteiger partial charge on any atom is -0.508 e. The van der Waals surface area contributed by atoms with Crippen LogP contribution in [0.5, 0.6) is 17.2 Å². The maximum absolute atomic E-state index is 9.61. The van der Waals surface area contributed by atoms with Crippen LogP contribution in [0, 0.1) is 0 Å². The standard InChI is InChI=1S/C26H24N2O5/c1-32-23-12-21-18(11-24(23)33-14-20(31)13-29)10-22-25(27-28-26(21)22)17-4-2-15(3-5-17)16-6-8-19(30)9-7-16/h2-9,11-12,20,29-31H,10,13-14H2,1H3,(H,27,28)/t20-/m0/s1. The van der Waals surface area contributed by atoms with Crippen molar-refractivity contribution in [1.29, 1.82) is 0 Å². The second-order valence-corrected chi connectivity index (χ2v) is 8.03. The van der Waals surface area contributed by atoms with Crippen molar-refractivity contribution in [3.8, 4) is 50.9 Å². The summed E-state index contributed by atoms with van der Waals surface area (Å²) in [6, 6.07) is 19.2. The van der Waals surface area contributed by atoms with Crippen molar-refractivity contribution in [2.75, 3.05) is 20.3 Å². The van der Waals surface area contributed by atoms with Gasteiger partial charge in [-0.25, -0.2) is 0 Å². The molecule has 0 saturated carbocycles. The van der Waals surface area contributed by atoms with E-state index >= 15 is 0 Å². The molecule has 7 nitrogen and oxygen atoms in total. The van der Waals surface area contributed by atoms with Gasteiger partial charge in [0.05, 0.1) is 25.1 Å². The first-order chi connectivity index (χ1) is 16.1. The number of phenolic OH excluding ortho intramolecular Hbond substituents is 1. The summed E-state index contributed by atoms with van der Waals surface area (Å²) in [6.07, 6.45) is -0.255. The zero-order chi connectivity index (χ0) is 22.9. The molecule has 168 valence electrons. The van der Waals surface area contributed by atoms with Crippen LogP contribution in [0.2, 0.25) is 0 Å². The smallest absolute Gasteiger partial charge is 0.161 e. The summed E-state index contributed by atoms with van der Waals surface area (Å²) in [5, 5.41) is 35.9. The van der Waals surface area contributed by atoms with Gasteiger partial charge in [0, 0.05) is 23.1 Å². The molecule has 0 spiro atoms. The SMILES string of the molecule is COc1cc2c(cc1OC[C@@H](O)CO)Cc1c(-c3ccc(-c4ccc(O)cc4)cc3)n[nH]c1-2. The van der Waals surface area contributed by atoms with E-state index in [-0.39, 0.29) is 19.0 Å². The van der Waals surface area contributed by atoms with Crippen molar-refractivity contribution >= 4 is 0 Å². The number of methoxy groups -OCH3 is 1. The number of rotatable bonds is 7. The molecule has 1 aliphatic carbocycles. The van der Waals surface area contributed by atoms with Crippen LogP contribution in [-0.2, 0) is 6.42 Å². The first-order valence-electron chi connectivity index (χ1n) is 10.7. The third-order valence-electron chi connectivity index (χ3n) is 5.89. The second-order valence-electron chi connectivity index (χ2n) is 8.03. The monoisotopic (exact) mass is 444 g/mol. The highest BCUT2D eigenvalue weighted by molar-refractivity contribution is 5.83. The van der Waals surface area contributed by atoms with Gasteiger partial charge < -0.3 is 24.8 Å². The van der Waals surface area contributed by atoms with Crippen LogP contribution >= 0.6 is 0 Å². The van der Waals surface area contributed by atoms with Gasteiger partial charge in [-0.05, 0) is 41.0 Å². The van der Waals surface area contributed by atoms with Crippen molar-refractivity contribution in [2.24, 2.45) is 0 Å². The number of H-pyrrole nitrogens is 1. The minimum atomic E-state index is -0.948.